The van der Waals surface area contributed by atoms with Gasteiger partial charge in [-0.3, -0.25) is 4.79 Å². The van der Waals surface area contributed by atoms with Crippen LogP contribution in [0.5, 0.6) is 0 Å². The first-order chi connectivity index (χ1) is 9.20. The van der Waals surface area contributed by atoms with Crippen molar-refractivity contribution in [2.75, 3.05) is 6.54 Å². The Kier molecular flexibility index (Phi) is 5.99. The van der Waals surface area contributed by atoms with E-state index in [0.717, 1.165) is 25.8 Å². The Morgan fingerprint density at radius 3 is 2.35 bits per heavy atom. The van der Waals surface area contributed by atoms with Crippen molar-refractivity contribution in [1.29, 1.82) is 0 Å². The van der Waals surface area contributed by atoms with Crippen LogP contribution in [0.3, 0.4) is 0 Å². The number of carbonyl (C=O) groups excluding carboxylic acids is 2. The zero-order chi connectivity index (χ0) is 15.3. The molecule has 116 valence electrons. The van der Waals surface area contributed by atoms with Gasteiger partial charge in [-0.1, -0.05) is 20.3 Å². The quantitative estimate of drug-likeness (QED) is 0.770. The topological polar surface area (TPSA) is 67.4 Å². The molecule has 1 heterocycles. The minimum absolute atomic E-state index is 0.00242. The maximum Gasteiger partial charge on any atom is 0.329 e. The van der Waals surface area contributed by atoms with Crippen molar-refractivity contribution >= 4 is 11.9 Å². The number of rotatable bonds is 4. The Morgan fingerprint density at radius 1 is 1.25 bits per heavy atom. The molecule has 5 heteroatoms. The molecule has 20 heavy (non-hydrogen) atoms. The minimum atomic E-state index is -0.592. The lowest BCUT2D eigenvalue weighted by atomic mass is 10.0. The average molecular weight is 284 g/mol. The summed E-state index contributed by atoms with van der Waals surface area (Å²) in [4.78, 5) is 24.4. The molecule has 1 aliphatic heterocycles. The van der Waals surface area contributed by atoms with Crippen LogP contribution < -0.4 is 10.6 Å². The summed E-state index contributed by atoms with van der Waals surface area (Å²) in [6.45, 7) is 10.1. The van der Waals surface area contributed by atoms with Crippen molar-refractivity contribution in [2.24, 2.45) is 5.92 Å². The lowest BCUT2D eigenvalue weighted by Crippen LogP contribution is -2.54. The molecule has 0 bridgehead atoms. The van der Waals surface area contributed by atoms with Gasteiger partial charge in [0.05, 0.1) is 6.04 Å². The van der Waals surface area contributed by atoms with Crippen molar-refractivity contribution in [3.05, 3.63) is 0 Å². The van der Waals surface area contributed by atoms with E-state index in [9.17, 15) is 9.59 Å². The second kappa shape index (κ2) is 7.07. The van der Waals surface area contributed by atoms with Gasteiger partial charge in [-0.15, -0.1) is 0 Å². The van der Waals surface area contributed by atoms with Crippen LogP contribution in [0.15, 0.2) is 0 Å². The Balaban J connectivity index is 2.62. The average Bonchev–Trinajstić information content (AvgIpc) is 2.34. The first-order valence-corrected chi connectivity index (χ1v) is 7.47. The third kappa shape index (κ3) is 5.49. The number of carbonyl (C=O) groups is 2. The molecule has 0 saturated carbocycles. The monoisotopic (exact) mass is 284 g/mol. The van der Waals surface area contributed by atoms with Crippen LogP contribution in [-0.4, -0.2) is 36.1 Å². The Morgan fingerprint density at radius 2 is 1.90 bits per heavy atom. The molecule has 0 aromatic rings. The molecule has 1 fully saturated rings. The predicted molar refractivity (Wildman–Crippen MR) is 78.3 cm³/mol. The Labute approximate surface area is 121 Å². The smallest absolute Gasteiger partial charge is 0.329 e. The van der Waals surface area contributed by atoms with E-state index >= 15 is 0 Å². The third-order valence-corrected chi connectivity index (χ3v) is 3.25. The second-order valence-electron chi connectivity index (χ2n) is 6.77. The molecule has 2 N–H and O–H groups in total. The molecular weight excluding hydrogens is 256 g/mol. The van der Waals surface area contributed by atoms with E-state index in [1.165, 1.54) is 0 Å². The number of esters is 1. The zero-order valence-corrected chi connectivity index (χ0v) is 13.3. The zero-order valence-electron chi connectivity index (χ0n) is 13.3. The molecule has 2 atom stereocenters. The SMILES string of the molecule is CC(C)[C@H](NC(=O)[C@@H]1CCCCN1)C(=O)OC(C)(C)C. The summed E-state index contributed by atoms with van der Waals surface area (Å²) in [5.74, 6) is -0.469. The number of ether oxygens (including phenoxy) is 1. The van der Waals surface area contributed by atoms with Crippen LogP contribution in [-0.2, 0) is 14.3 Å². The number of amides is 1. The van der Waals surface area contributed by atoms with Gasteiger partial charge in [0.25, 0.3) is 0 Å². The lowest BCUT2D eigenvalue weighted by molar-refractivity contribution is -0.160. The molecular formula is C15H28N2O3. The van der Waals surface area contributed by atoms with E-state index in [4.69, 9.17) is 4.74 Å². The number of piperidine rings is 1. The van der Waals surface area contributed by atoms with Crippen LogP contribution >= 0.6 is 0 Å². The molecule has 1 rings (SSSR count). The van der Waals surface area contributed by atoms with Gasteiger partial charge in [0.15, 0.2) is 0 Å². The van der Waals surface area contributed by atoms with Gasteiger partial charge in [0.1, 0.15) is 11.6 Å². The summed E-state index contributed by atoms with van der Waals surface area (Å²) in [5, 5.41) is 6.02. The normalized spacial score (nSPS) is 21.4. The highest BCUT2D eigenvalue weighted by Crippen LogP contribution is 2.13. The van der Waals surface area contributed by atoms with Gasteiger partial charge in [0, 0.05) is 0 Å². The summed E-state index contributed by atoms with van der Waals surface area (Å²) in [7, 11) is 0. The van der Waals surface area contributed by atoms with Crippen molar-refractivity contribution in [2.45, 2.75) is 71.6 Å². The summed E-state index contributed by atoms with van der Waals surface area (Å²) in [6, 6.07) is -0.780. The van der Waals surface area contributed by atoms with E-state index in [-0.39, 0.29) is 23.8 Å². The summed E-state index contributed by atoms with van der Waals surface area (Å²) < 4.78 is 5.38. The van der Waals surface area contributed by atoms with E-state index in [0.29, 0.717) is 0 Å². The predicted octanol–water partition coefficient (Wildman–Crippen LogP) is 1.61. The molecule has 1 saturated heterocycles. The van der Waals surface area contributed by atoms with Gasteiger partial charge >= 0.3 is 5.97 Å². The van der Waals surface area contributed by atoms with Gasteiger partial charge < -0.3 is 15.4 Å². The van der Waals surface area contributed by atoms with Crippen molar-refractivity contribution in [3.8, 4) is 0 Å². The fourth-order valence-electron chi connectivity index (χ4n) is 2.19. The molecule has 0 aliphatic carbocycles. The fourth-order valence-corrected chi connectivity index (χ4v) is 2.19. The lowest BCUT2D eigenvalue weighted by Gasteiger charge is -2.29. The molecule has 0 aromatic carbocycles. The van der Waals surface area contributed by atoms with Crippen molar-refractivity contribution in [3.63, 3.8) is 0 Å². The van der Waals surface area contributed by atoms with Crippen LogP contribution in [0, 0.1) is 5.92 Å². The largest absolute Gasteiger partial charge is 0.458 e. The van der Waals surface area contributed by atoms with E-state index < -0.39 is 11.6 Å². The maximum absolute atomic E-state index is 12.2. The summed E-state index contributed by atoms with van der Waals surface area (Å²) >= 11 is 0. The van der Waals surface area contributed by atoms with Gasteiger partial charge in [0.2, 0.25) is 5.91 Å². The maximum atomic E-state index is 12.2. The van der Waals surface area contributed by atoms with E-state index in [2.05, 4.69) is 10.6 Å². The second-order valence-corrected chi connectivity index (χ2v) is 6.77. The summed E-state index contributed by atoms with van der Waals surface area (Å²) in [6.07, 6.45) is 2.97. The van der Waals surface area contributed by atoms with Crippen LogP contribution in [0.4, 0.5) is 0 Å². The first-order valence-electron chi connectivity index (χ1n) is 7.47. The van der Waals surface area contributed by atoms with E-state index in [1.54, 1.807) is 0 Å². The molecule has 5 nitrogen and oxygen atoms in total. The number of hydrogen-bond donors (Lipinski definition) is 2. The van der Waals surface area contributed by atoms with Crippen LogP contribution in [0.25, 0.3) is 0 Å². The highest BCUT2D eigenvalue weighted by Gasteiger charge is 2.31. The van der Waals surface area contributed by atoms with E-state index in [1.807, 2.05) is 34.6 Å². The highest BCUT2D eigenvalue weighted by molar-refractivity contribution is 5.87. The molecule has 0 aromatic heterocycles. The fraction of sp³-hybridized carbons (Fsp3) is 0.867. The molecule has 0 unspecified atom stereocenters. The third-order valence-electron chi connectivity index (χ3n) is 3.25. The molecule has 0 spiro atoms. The van der Waals surface area contributed by atoms with Crippen molar-refractivity contribution < 1.29 is 14.3 Å². The summed E-state index contributed by atoms with van der Waals surface area (Å²) in [5.41, 5.74) is -0.544. The number of nitrogens with one attached hydrogen (secondary N) is 2. The van der Waals surface area contributed by atoms with Crippen LogP contribution in [0.2, 0.25) is 0 Å². The standard InChI is InChI=1S/C15H28N2O3/c1-10(2)12(14(19)20-15(3,4)5)17-13(18)11-8-6-7-9-16-11/h10-12,16H,6-9H2,1-5H3,(H,17,18)/t11-,12-/m0/s1. The minimum Gasteiger partial charge on any atom is -0.458 e. The number of hydrogen-bond acceptors (Lipinski definition) is 4. The molecule has 1 aliphatic rings. The Hall–Kier alpha value is -1.10. The van der Waals surface area contributed by atoms with Gasteiger partial charge in [-0.25, -0.2) is 4.79 Å². The molecule has 0 radical (unpaired) electrons. The van der Waals surface area contributed by atoms with Gasteiger partial charge in [-0.05, 0) is 46.1 Å². The van der Waals surface area contributed by atoms with Crippen LogP contribution in [0.1, 0.15) is 53.9 Å². The molecule has 1 amide bonds. The Bertz CT molecular complexity index is 342. The first kappa shape index (κ1) is 17.0. The van der Waals surface area contributed by atoms with Gasteiger partial charge in [-0.2, -0.15) is 0 Å². The highest BCUT2D eigenvalue weighted by atomic mass is 16.6. The van der Waals surface area contributed by atoms with Crippen molar-refractivity contribution in [1.82, 2.24) is 10.6 Å².